The topological polar surface area (TPSA) is 69.4 Å². The Labute approximate surface area is 115 Å². The summed E-state index contributed by atoms with van der Waals surface area (Å²) in [6.07, 6.45) is 8.75. The zero-order valence-corrected chi connectivity index (χ0v) is 12.1. The van der Waals surface area contributed by atoms with E-state index >= 15 is 0 Å². The van der Waals surface area contributed by atoms with E-state index in [0.29, 0.717) is 25.7 Å². The Morgan fingerprint density at radius 2 is 1.89 bits per heavy atom. The highest BCUT2D eigenvalue weighted by Gasteiger charge is 2.09. The first kappa shape index (κ1) is 17.4. The van der Waals surface area contributed by atoms with Gasteiger partial charge in [-0.3, -0.25) is 9.59 Å². The van der Waals surface area contributed by atoms with E-state index < -0.39 is 0 Å². The Balaban J connectivity index is 4.08. The van der Waals surface area contributed by atoms with Gasteiger partial charge < -0.3 is 10.5 Å². The maximum absolute atomic E-state index is 11.8. The first-order chi connectivity index (χ1) is 9.01. The second kappa shape index (κ2) is 10.4. The number of nitrogens with two attached hydrogens (primary N) is 1. The second-order valence-corrected chi connectivity index (χ2v) is 4.51. The van der Waals surface area contributed by atoms with Gasteiger partial charge in [0, 0.05) is 18.8 Å². The van der Waals surface area contributed by atoms with Crippen molar-refractivity contribution < 1.29 is 14.3 Å². The van der Waals surface area contributed by atoms with E-state index in [0.717, 1.165) is 12.2 Å². The third kappa shape index (κ3) is 9.05. The van der Waals surface area contributed by atoms with Gasteiger partial charge in [0.1, 0.15) is 11.5 Å². The molecular formula is C15H25NO3. The fourth-order valence-electron chi connectivity index (χ4n) is 1.59. The molecule has 0 aliphatic rings. The Kier molecular flexibility index (Phi) is 9.49. The summed E-state index contributed by atoms with van der Waals surface area (Å²) in [5, 5.41) is 0. The highest BCUT2D eigenvalue weighted by molar-refractivity contribution is 5.82. The van der Waals surface area contributed by atoms with Crippen LogP contribution >= 0.6 is 0 Å². The van der Waals surface area contributed by atoms with E-state index in [2.05, 4.69) is 0 Å². The van der Waals surface area contributed by atoms with Gasteiger partial charge in [-0.2, -0.15) is 0 Å². The number of hydrogen-bond acceptors (Lipinski definition) is 3. The van der Waals surface area contributed by atoms with E-state index in [9.17, 15) is 9.59 Å². The molecule has 0 spiro atoms. The van der Waals surface area contributed by atoms with Crippen LogP contribution in [0.25, 0.3) is 0 Å². The zero-order valence-electron chi connectivity index (χ0n) is 12.1. The first-order valence-corrected chi connectivity index (χ1v) is 6.74. The number of rotatable bonds is 10. The van der Waals surface area contributed by atoms with Crippen molar-refractivity contribution in [2.75, 3.05) is 7.11 Å². The van der Waals surface area contributed by atoms with Gasteiger partial charge in [0.25, 0.3) is 0 Å². The van der Waals surface area contributed by atoms with E-state index in [1.165, 1.54) is 0 Å². The van der Waals surface area contributed by atoms with Crippen molar-refractivity contribution in [2.24, 2.45) is 11.7 Å². The molecule has 0 aromatic rings. The summed E-state index contributed by atoms with van der Waals surface area (Å²) in [5.41, 5.74) is 5.04. The summed E-state index contributed by atoms with van der Waals surface area (Å²) in [4.78, 5) is 22.4. The molecule has 0 aromatic carbocycles. The highest BCUT2D eigenvalue weighted by atomic mass is 16.5. The molecule has 1 atom stereocenters. The lowest BCUT2D eigenvalue weighted by atomic mass is 10.00. The van der Waals surface area contributed by atoms with Gasteiger partial charge in [0.2, 0.25) is 5.91 Å². The minimum absolute atomic E-state index is 0.135. The van der Waals surface area contributed by atoms with Gasteiger partial charge in [-0.05, 0) is 31.4 Å². The predicted octanol–water partition coefficient (Wildman–Crippen LogP) is 2.73. The Bertz CT molecular complexity index is 345. The normalized spacial score (nSPS) is 13.5. The number of methoxy groups -OCH3 is 1. The van der Waals surface area contributed by atoms with Crippen LogP contribution in [0.4, 0.5) is 0 Å². The maximum atomic E-state index is 11.8. The summed E-state index contributed by atoms with van der Waals surface area (Å²) < 4.78 is 5.16. The number of unbranched alkanes of at least 4 members (excludes halogenated alkanes) is 1. The van der Waals surface area contributed by atoms with E-state index in [1.807, 2.05) is 32.1 Å². The van der Waals surface area contributed by atoms with Crippen molar-refractivity contribution >= 4 is 11.7 Å². The molecule has 0 saturated carbocycles. The molecule has 4 heteroatoms. The van der Waals surface area contributed by atoms with Crippen LogP contribution < -0.4 is 5.73 Å². The summed E-state index contributed by atoms with van der Waals surface area (Å²) in [5.74, 6) is 0.502. The molecule has 0 radical (unpaired) electrons. The number of Topliss-reactive ketones (excluding diaryl/α,β-unsaturated/α-hetero) is 1. The minimum atomic E-state index is -0.310. The Hall–Kier alpha value is -1.58. The zero-order chi connectivity index (χ0) is 14.7. The predicted molar refractivity (Wildman–Crippen MR) is 76.4 cm³/mol. The van der Waals surface area contributed by atoms with Gasteiger partial charge in [0.15, 0.2) is 0 Å². The smallest absolute Gasteiger partial charge is 0.217 e. The Morgan fingerprint density at radius 3 is 2.42 bits per heavy atom. The van der Waals surface area contributed by atoms with Gasteiger partial charge in [-0.15, -0.1) is 0 Å². The number of carbonyl (C=O) groups is 2. The van der Waals surface area contributed by atoms with Crippen LogP contribution in [-0.2, 0) is 14.3 Å². The number of ketones is 1. The monoisotopic (exact) mass is 267 g/mol. The van der Waals surface area contributed by atoms with Crippen molar-refractivity contribution in [1.82, 2.24) is 0 Å². The van der Waals surface area contributed by atoms with Crippen LogP contribution in [0.15, 0.2) is 24.0 Å². The molecule has 4 nitrogen and oxygen atoms in total. The minimum Gasteiger partial charge on any atom is -0.497 e. The van der Waals surface area contributed by atoms with Gasteiger partial charge in [-0.25, -0.2) is 0 Å². The molecule has 0 aliphatic heterocycles. The largest absolute Gasteiger partial charge is 0.497 e. The third-order valence-electron chi connectivity index (χ3n) is 2.79. The standard InChI is InChI=1S/C15H25NO3/c1-4-7-13(19-3)11-10-12(2)14(17)8-5-6-9-15(16)18/h7,10-12H,4-6,8-9H2,1-3H3,(H2,16,18)/b11-10-,13-7+. The van der Waals surface area contributed by atoms with Crippen LogP contribution in [-0.4, -0.2) is 18.8 Å². The average molecular weight is 267 g/mol. The summed E-state index contributed by atoms with van der Waals surface area (Å²) in [7, 11) is 1.61. The van der Waals surface area contributed by atoms with E-state index in [1.54, 1.807) is 7.11 Å². The fourth-order valence-corrected chi connectivity index (χ4v) is 1.59. The molecule has 0 bridgehead atoms. The van der Waals surface area contributed by atoms with Crippen molar-refractivity contribution in [3.05, 3.63) is 24.0 Å². The molecule has 1 unspecified atom stereocenters. The van der Waals surface area contributed by atoms with Crippen LogP contribution in [0, 0.1) is 5.92 Å². The quantitative estimate of drug-likeness (QED) is 0.376. The van der Waals surface area contributed by atoms with Crippen LogP contribution in [0.5, 0.6) is 0 Å². The van der Waals surface area contributed by atoms with Gasteiger partial charge in [-0.1, -0.05) is 19.9 Å². The number of carbonyl (C=O) groups excluding carboxylic acids is 2. The number of primary amides is 1. The van der Waals surface area contributed by atoms with E-state index in [-0.39, 0.29) is 17.6 Å². The lowest BCUT2D eigenvalue weighted by molar-refractivity contribution is -0.122. The van der Waals surface area contributed by atoms with Crippen LogP contribution in [0.1, 0.15) is 46.0 Å². The molecule has 0 saturated heterocycles. The van der Waals surface area contributed by atoms with Crippen LogP contribution in [0.2, 0.25) is 0 Å². The van der Waals surface area contributed by atoms with Gasteiger partial charge >= 0.3 is 0 Å². The molecule has 0 aliphatic carbocycles. The summed E-state index contributed by atoms with van der Waals surface area (Å²) in [6, 6.07) is 0. The SMILES string of the molecule is CC/C=C(\C=C/C(C)C(=O)CCCCC(N)=O)OC. The molecule has 108 valence electrons. The van der Waals surface area contributed by atoms with Crippen molar-refractivity contribution in [3.8, 4) is 0 Å². The third-order valence-corrected chi connectivity index (χ3v) is 2.79. The average Bonchev–Trinajstić information content (AvgIpc) is 2.38. The molecular weight excluding hydrogens is 242 g/mol. The van der Waals surface area contributed by atoms with Gasteiger partial charge in [0.05, 0.1) is 7.11 Å². The van der Waals surface area contributed by atoms with Crippen LogP contribution in [0.3, 0.4) is 0 Å². The lowest BCUT2D eigenvalue weighted by Gasteiger charge is -2.06. The molecule has 0 fully saturated rings. The number of amides is 1. The maximum Gasteiger partial charge on any atom is 0.217 e. The number of hydrogen-bond donors (Lipinski definition) is 1. The second-order valence-electron chi connectivity index (χ2n) is 4.51. The van der Waals surface area contributed by atoms with Crippen molar-refractivity contribution in [2.45, 2.75) is 46.0 Å². The number of ether oxygens (including phenoxy) is 1. The van der Waals surface area contributed by atoms with Crippen molar-refractivity contribution in [1.29, 1.82) is 0 Å². The Morgan fingerprint density at radius 1 is 1.26 bits per heavy atom. The molecule has 0 rings (SSSR count). The highest BCUT2D eigenvalue weighted by Crippen LogP contribution is 2.10. The lowest BCUT2D eigenvalue weighted by Crippen LogP contribution is -2.11. The molecule has 1 amide bonds. The summed E-state index contributed by atoms with van der Waals surface area (Å²) in [6.45, 7) is 3.90. The molecule has 19 heavy (non-hydrogen) atoms. The molecule has 0 aromatic heterocycles. The van der Waals surface area contributed by atoms with E-state index in [4.69, 9.17) is 10.5 Å². The molecule has 0 heterocycles. The van der Waals surface area contributed by atoms with Crippen molar-refractivity contribution in [3.63, 3.8) is 0 Å². The molecule has 2 N–H and O–H groups in total. The summed E-state index contributed by atoms with van der Waals surface area (Å²) >= 11 is 0. The first-order valence-electron chi connectivity index (χ1n) is 6.74. The number of allylic oxidation sites excluding steroid dienone is 3. The fraction of sp³-hybridized carbons (Fsp3) is 0.600.